The zero-order chi connectivity index (χ0) is 17.4. The van der Waals surface area contributed by atoms with Crippen LogP contribution in [0, 0.1) is 0 Å². The summed E-state index contributed by atoms with van der Waals surface area (Å²) in [6.45, 7) is 7.20. The van der Waals surface area contributed by atoms with E-state index in [2.05, 4.69) is 10.6 Å². The van der Waals surface area contributed by atoms with E-state index in [1.807, 2.05) is 6.92 Å². The Morgan fingerprint density at radius 3 is 2.48 bits per heavy atom. The molecule has 126 valence electrons. The molecule has 0 unspecified atom stereocenters. The van der Waals surface area contributed by atoms with Gasteiger partial charge in [0.15, 0.2) is 11.9 Å². The van der Waals surface area contributed by atoms with Crippen LogP contribution < -0.4 is 15.4 Å². The lowest BCUT2D eigenvalue weighted by atomic mass is 10.1. The monoisotopic (exact) mass is 320 g/mol. The Morgan fingerprint density at radius 1 is 1.17 bits per heavy atom. The van der Waals surface area contributed by atoms with Crippen molar-refractivity contribution in [3.05, 3.63) is 29.8 Å². The van der Waals surface area contributed by atoms with Crippen molar-refractivity contribution in [3.63, 3.8) is 0 Å². The maximum absolute atomic E-state index is 12.1. The minimum Gasteiger partial charge on any atom is -0.481 e. The molecule has 0 aromatic heterocycles. The number of rotatable bonds is 8. The van der Waals surface area contributed by atoms with Gasteiger partial charge >= 0.3 is 0 Å². The van der Waals surface area contributed by atoms with Gasteiger partial charge in [-0.25, -0.2) is 0 Å². The van der Waals surface area contributed by atoms with Gasteiger partial charge in [-0.3, -0.25) is 14.4 Å². The van der Waals surface area contributed by atoms with Gasteiger partial charge in [0, 0.05) is 12.1 Å². The van der Waals surface area contributed by atoms with Gasteiger partial charge < -0.3 is 15.4 Å². The summed E-state index contributed by atoms with van der Waals surface area (Å²) in [5.41, 5.74) is 0.516. The fourth-order valence-corrected chi connectivity index (χ4v) is 1.84. The summed E-state index contributed by atoms with van der Waals surface area (Å²) in [7, 11) is 0. The molecule has 1 aromatic rings. The summed E-state index contributed by atoms with van der Waals surface area (Å²) < 4.78 is 5.53. The van der Waals surface area contributed by atoms with Crippen molar-refractivity contribution in [3.8, 4) is 5.75 Å². The van der Waals surface area contributed by atoms with Gasteiger partial charge in [0.1, 0.15) is 11.8 Å². The largest absolute Gasteiger partial charge is 0.481 e. The lowest BCUT2D eigenvalue weighted by Gasteiger charge is -2.18. The fraction of sp³-hybridized carbons (Fsp3) is 0.471. The van der Waals surface area contributed by atoms with E-state index in [9.17, 15) is 14.4 Å². The second kappa shape index (κ2) is 8.92. The SMILES string of the molecule is CCCNC(=O)[C@H](C)NC(=O)[C@@H](C)Oc1cccc(C(C)=O)c1. The Labute approximate surface area is 136 Å². The van der Waals surface area contributed by atoms with Crippen molar-refractivity contribution in [2.75, 3.05) is 6.54 Å². The zero-order valence-corrected chi connectivity index (χ0v) is 14.0. The molecule has 0 saturated carbocycles. The van der Waals surface area contributed by atoms with E-state index in [0.717, 1.165) is 6.42 Å². The van der Waals surface area contributed by atoms with Crippen LogP contribution in [-0.4, -0.2) is 36.3 Å². The third-order valence-corrected chi connectivity index (χ3v) is 3.22. The van der Waals surface area contributed by atoms with Gasteiger partial charge in [0.2, 0.25) is 5.91 Å². The summed E-state index contributed by atoms with van der Waals surface area (Å²) >= 11 is 0. The maximum atomic E-state index is 12.1. The number of Topliss-reactive ketones (excluding diaryl/α,β-unsaturated/α-hetero) is 1. The Balaban J connectivity index is 2.58. The van der Waals surface area contributed by atoms with Crippen LogP contribution in [-0.2, 0) is 9.59 Å². The van der Waals surface area contributed by atoms with E-state index in [4.69, 9.17) is 4.74 Å². The Kier molecular flexibility index (Phi) is 7.25. The molecule has 1 aromatic carbocycles. The molecule has 0 aliphatic carbocycles. The number of ketones is 1. The first-order valence-corrected chi connectivity index (χ1v) is 7.70. The van der Waals surface area contributed by atoms with E-state index >= 15 is 0 Å². The highest BCUT2D eigenvalue weighted by Gasteiger charge is 2.20. The molecule has 0 radical (unpaired) electrons. The second-order valence-electron chi connectivity index (χ2n) is 5.37. The van der Waals surface area contributed by atoms with Gasteiger partial charge in [-0.15, -0.1) is 0 Å². The van der Waals surface area contributed by atoms with Gasteiger partial charge in [-0.05, 0) is 39.3 Å². The lowest BCUT2D eigenvalue weighted by molar-refractivity contribution is -0.132. The van der Waals surface area contributed by atoms with Crippen molar-refractivity contribution in [1.29, 1.82) is 0 Å². The van der Waals surface area contributed by atoms with Crippen molar-refractivity contribution in [1.82, 2.24) is 10.6 Å². The van der Waals surface area contributed by atoms with Crippen molar-refractivity contribution in [2.24, 2.45) is 0 Å². The van der Waals surface area contributed by atoms with Crippen LogP contribution in [0.25, 0.3) is 0 Å². The van der Waals surface area contributed by atoms with Gasteiger partial charge in [0.05, 0.1) is 0 Å². The number of hydrogen-bond donors (Lipinski definition) is 2. The number of ether oxygens (including phenoxy) is 1. The first-order chi connectivity index (χ1) is 10.8. The van der Waals surface area contributed by atoms with E-state index in [-0.39, 0.29) is 11.7 Å². The van der Waals surface area contributed by atoms with Crippen LogP contribution in [0.5, 0.6) is 5.75 Å². The first-order valence-electron chi connectivity index (χ1n) is 7.70. The smallest absolute Gasteiger partial charge is 0.261 e. The lowest BCUT2D eigenvalue weighted by Crippen LogP contribution is -2.48. The summed E-state index contributed by atoms with van der Waals surface area (Å²) in [4.78, 5) is 35.2. The van der Waals surface area contributed by atoms with E-state index in [1.54, 1.807) is 38.1 Å². The molecule has 0 bridgehead atoms. The van der Waals surface area contributed by atoms with Crippen LogP contribution >= 0.6 is 0 Å². The summed E-state index contributed by atoms with van der Waals surface area (Å²) in [6.07, 6.45) is 0.0527. The molecule has 6 nitrogen and oxygen atoms in total. The third-order valence-electron chi connectivity index (χ3n) is 3.22. The predicted molar refractivity (Wildman–Crippen MR) is 87.4 cm³/mol. The van der Waals surface area contributed by atoms with Gasteiger partial charge in [-0.1, -0.05) is 19.1 Å². The van der Waals surface area contributed by atoms with Crippen molar-refractivity contribution in [2.45, 2.75) is 46.3 Å². The number of carbonyl (C=O) groups excluding carboxylic acids is 3. The Hall–Kier alpha value is -2.37. The zero-order valence-electron chi connectivity index (χ0n) is 14.0. The van der Waals surface area contributed by atoms with Gasteiger partial charge in [0.25, 0.3) is 5.91 Å². The normalized spacial score (nSPS) is 12.9. The molecule has 0 saturated heterocycles. The van der Waals surface area contributed by atoms with Crippen LogP contribution in [0.2, 0.25) is 0 Å². The Morgan fingerprint density at radius 2 is 1.87 bits per heavy atom. The molecule has 2 amide bonds. The minimum atomic E-state index is -0.779. The minimum absolute atomic E-state index is 0.0752. The quantitative estimate of drug-likeness (QED) is 0.714. The number of nitrogens with one attached hydrogen (secondary N) is 2. The standard InChI is InChI=1S/C17H24N2O4/c1-5-9-18-16(21)11(2)19-17(22)13(4)23-15-8-6-7-14(10-15)12(3)20/h6-8,10-11,13H,5,9H2,1-4H3,(H,18,21)(H,19,22)/t11-,13+/m0/s1. The fourth-order valence-electron chi connectivity index (χ4n) is 1.84. The topological polar surface area (TPSA) is 84.5 Å². The summed E-state index contributed by atoms with van der Waals surface area (Å²) in [6, 6.07) is 6.00. The molecule has 1 rings (SSSR count). The third kappa shape index (κ3) is 6.10. The molecule has 0 heterocycles. The average Bonchev–Trinajstić information content (AvgIpc) is 2.52. The van der Waals surface area contributed by atoms with E-state index in [1.165, 1.54) is 6.92 Å². The Bertz CT molecular complexity index is 571. The molecule has 0 fully saturated rings. The molecule has 23 heavy (non-hydrogen) atoms. The van der Waals surface area contributed by atoms with Crippen molar-refractivity contribution >= 4 is 17.6 Å². The highest BCUT2D eigenvalue weighted by Crippen LogP contribution is 2.15. The predicted octanol–water partition coefficient (Wildman–Crippen LogP) is 1.69. The molecule has 6 heteroatoms. The van der Waals surface area contributed by atoms with Crippen LogP contribution in [0.3, 0.4) is 0 Å². The molecule has 0 aliphatic rings. The summed E-state index contributed by atoms with van der Waals surface area (Å²) in [5.74, 6) is -0.263. The second-order valence-corrected chi connectivity index (χ2v) is 5.37. The highest BCUT2D eigenvalue weighted by molar-refractivity contribution is 5.94. The van der Waals surface area contributed by atoms with Crippen LogP contribution in [0.4, 0.5) is 0 Å². The van der Waals surface area contributed by atoms with Crippen LogP contribution in [0.1, 0.15) is 44.5 Å². The number of carbonyl (C=O) groups is 3. The highest BCUT2D eigenvalue weighted by atomic mass is 16.5. The average molecular weight is 320 g/mol. The maximum Gasteiger partial charge on any atom is 0.261 e. The number of benzene rings is 1. The molecular weight excluding hydrogens is 296 g/mol. The molecule has 0 aliphatic heterocycles. The molecule has 2 atom stereocenters. The van der Waals surface area contributed by atoms with Crippen molar-refractivity contribution < 1.29 is 19.1 Å². The molecule has 0 spiro atoms. The number of hydrogen-bond acceptors (Lipinski definition) is 4. The first kappa shape index (κ1) is 18.7. The molecular formula is C17H24N2O4. The van der Waals surface area contributed by atoms with E-state index < -0.39 is 18.1 Å². The van der Waals surface area contributed by atoms with Crippen LogP contribution in [0.15, 0.2) is 24.3 Å². The van der Waals surface area contributed by atoms with Gasteiger partial charge in [-0.2, -0.15) is 0 Å². The van der Waals surface area contributed by atoms with E-state index in [0.29, 0.717) is 17.9 Å². The molecule has 2 N–H and O–H groups in total. The number of amides is 2. The summed E-state index contributed by atoms with van der Waals surface area (Å²) in [5, 5.41) is 5.32.